The van der Waals surface area contributed by atoms with Crippen molar-refractivity contribution >= 4 is 21.8 Å². The van der Waals surface area contributed by atoms with Crippen molar-refractivity contribution in [2.24, 2.45) is 0 Å². The van der Waals surface area contributed by atoms with E-state index in [4.69, 9.17) is 0 Å². The maximum atomic E-state index is 11.5. The number of imidazole rings is 1. The molecule has 0 unspecified atom stereocenters. The number of nitrogens with one attached hydrogen (secondary N) is 3. The Morgan fingerprint density at radius 3 is 2.95 bits per heavy atom. The minimum atomic E-state index is 0.0665. The highest BCUT2D eigenvalue weighted by molar-refractivity contribution is 9.10. The van der Waals surface area contributed by atoms with Gasteiger partial charge in [-0.05, 0) is 26.0 Å². The highest BCUT2D eigenvalue weighted by atomic mass is 79.9. The monoisotopic (exact) mass is 364 g/mol. The minimum Gasteiger partial charge on any atom is -0.354 e. The van der Waals surface area contributed by atoms with Crippen LogP contribution in [0, 0.1) is 0 Å². The number of aromatic nitrogens is 2. The number of carbonyl (C=O) groups excluding carboxylic acids is 1. The van der Waals surface area contributed by atoms with Gasteiger partial charge in [0.25, 0.3) is 0 Å². The summed E-state index contributed by atoms with van der Waals surface area (Å²) in [5.41, 5.74) is 2.07. The zero-order chi connectivity index (χ0) is 15.9. The molecule has 1 amide bonds. The summed E-state index contributed by atoms with van der Waals surface area (Å²) >= 11 is 3.46. The van der Waals surface area contributed by atoms with E-state index in [1.165, 1.54) is 0 Å². The van der Waals surface area contributed by atoms with Crippen molar-refractivity contribution in [3.8, 4) is 11.3 Å². The molecule has 0 aliphatic carbocycles. The molecule has 0 saturated heterocycles. The summed E-state index contributed by atoms with van der Waals surface area (Å²) in [5.74, 6) is 0.927. The van der Waals surface area contributed by atoms with Crippen LogP contribution < -0.4 is 10.6 Å². The lowest BCUT2D eigenvalue weighted by atomic mass is 10.2. The van der Waals surface area contributed by atoms with Gasteiger partial charge in [0, 0.05) is 29.0 Å². The van der Waals surface area contributed by atoms with Crippen molar-refractivity contribution in [1.82, 2.24) is 20.6 Å². The van der Waals surface area contributed by atoms with Crippen LogP contribution in [0.1, 0.15) is 26.1 Å². The third kappa shape index (κ3) is 5.27. The first kappa shape index (κ1) is 16.7. The zero-order valence-electron chi connectivity index (χ0n) is 12.8. The molecule has 22 heavy (non-hydrogen) atoms. The first-order chi connectivity index (χ1) is 10.5. The topological polar surface area (TPSA) is 69.8 Å². The van der Waals surface area contributed by atoms with Gasteiger partial charge in [0.05, 0.1) is 18.4 Å². The molecule has 0 aliphatic heterocycles. The number of hydrogen-bond acceptors (Lipinski definition) is 3. The number of aromatic amines is 1. The Labute approximate surface area is 139 Å². The number of halogens is 1. The van der Waals surface area contributed by atoms with Crippen LogP contribution >= 0.6 is 15.9 Å². The summed E-state index contributed by atoms with van der Waals surface area (Å²) in [6.45, 7) is 5.16. The number of H-pyrrole nitrogens is 1. The third-order valence-corrected chi connectivity index (χ3v) is 3.53. The van der Waals surface area contributed by atoms with E-state index in [0.717, 1.165) is 21.6 Å². The fourth-order valence-corrected chi connectivity index (χ4v) is 2.46. The first-order valence-corrected chi connectivity index (χ1v) is 8.14. The highest BCUT2D eigenvalue weighted by Gasteiger charge is 2.05. The van der Waals surface area contributed by atoms with Gasteiger partial charge in [0.15, 0.2) is 0 Å². The molecule has 6 heteroatoms. The molecule has 1 aromatic carbocycles. The molecule has 3 N–H and O–H groups in total. The van der Waals surface area contributed by atoms with Gasteiger partial charge in [-0.15, -0.1) is 0 Å². The second kappa shape index (κ2) is 8.10. The Balaban J connectivity index is 1.79. The number of nitrogens with zero attached hydrogens (tertiary/aromatic N) is 1. The molecule has 0 saturated carbocycles. The Bertz CT molecular complexity index is 624. The van der Waals surface area contributed by atoms with Crippen molar-refractivity contribution < 1.29 is 4.79 Å². The van der Waals surface area contributed by atoms with Gasteiger partial charge in [0.1, 0.15) is 5.82 Å². The maximum Gasteiger partial charge on any atom is 0.221 e. The quantitative estimate of drug-likeness (QED) is 0.661. The van der Waals surface area contributed by atoms with E-state index in [9.17, 15) is 4.79 Å². The zero-order valence-corrected chi connectivity index (χ0v) is 14.4. The molecule has 0 fully saturated rings. The van der Waals surface area contributed by atoms with Gasteiger partial charge >= 0.3 is 0 Å². The molecule has 1 aromatic heterocycles. The predicted molar refractivity (Wildman–Crippen MR) is 91.3 cm³/mol. The lowest BCUT2D eigenvalue weighted by molar-refractivity contribution is -0.121. The van der Waals surface area contributed by atoms with Crippen LogP contribution in [0.15, 0.2) is 34.9 Å². The summed E-state index contributed by atoms with van der Waals surface area (Å²) in [7, 11) is 0. The number of amides is 1. The van der Waals surface area contributed by atoms with Crippen molar-refractivity contribution in [3.05, 3.63) is 40.8 Å². The lowest BCUT2D eigenvalue weighted by Gasteiger charge is -2.08. The van der Waals surface area contributed by atoms with Gasteiger partial charge < -0.3 is 15.6 Å². The van der Waals surface area contributed by atoms with Crippen molar-refractivity contribution in [2.45, 2.75) is 32.9 Å². The Morgan fingerprint density at radius 2 is 2.23 bits per heavy atom. The molecule has 118 valence electrons. The number of hydrogen-bond donors (Lipinski definition) is 3. The minimum absolute atomic E-state index is 0.0665. The Hall–Kier alpha value is -1.66. The van der Waals surface area contributed by atoms with Crippen LogP contribution in [-0.2, 0) is 11.3 Å². The molecule has 0 atom stereocenters. The average molecular weight is 365 g/mol. The lowest BCUT2D eigenvalue weighted by Crippen LogP contribution is -2.32. The van der Waals surface area contributed by atoms with Crippen LogP contribution in [-0.4, -0.2) is 28.5 Å². The summed E-state index contributed by atoms with van der Waals surface area (Å²) in [5, 5.41) is 6.08. The molecule has 2 aromatic rings. The molecule has 0 bridgehead atoms. The van der Waals surface area contributed by atoms with Crippen molar-refractivity contribution in [1.29, 1.82) is 0 Å². The first-order valence-electron chi connectivity index (χ1n) is 7.34. The standard InChI is InChI=1S/C16H21BrN4O/c1-11(2)20-16(22)6-7-18-10-15-19-9-14(21-15)12-4-3-5-13(17)8-12/h3-5,8-9,11,18H,6-7,10H2,1-2H3,(H,19,21)(H,20,22). The van der Waals surface area contributed by atoms with Crippen LogP contribution in [0.5, 0.6) is 0 Å². The van der Waals surface area contributed by atoms with Crippen LogP contribution in [0.25, 0.3) is 11.3 Å². The fraction of sp³-hybridized carbons (Fsp3) is 0.375. The Morgan fingerprint density at radius 1 is 1.41 bits per heavy atom. The summed E-state index contributed by atoms with van der Waals surface area (Å²) in [6.07, 6.45) is 2.29. The van der Waals surface area contributed by atoms with E-state index in [1.54, 1.807) is 0 Å². The van der Waals surface area contributed by atoms with Crippen molar-refractivity contribution in [3.63, 3.8) is 0 Å². The van der Waals surface area contributed by atoms with Gasteiger partial charge in [0.2, 0.25) is 5.91 Å². The smallest absolute Gasteiger partial charge is 0.221 e. The van der Waals surface area contributed by atoms with E-state index in [0.29, 0.717) is 19.5 Å². The summed E-state index contributed by atoms with van der Waals surface area (Å²) < 4.78 is 1.04. The Kier molecular flexibility index (Phi) is 6.15. The predicted octanol–water partition coefficient (Wildman–Crippen LogP) is 2.84. The molecule has 5 nitrogen and oxygen atoms in total. The fourth-order valence-electron chi connectivity index (χ4n) is 2.06. The van der Waals surface area contributed by atoms with Gasteiger partial charge in [-0.3, -0.25) is 4.79 Å². The molecular weight excluding hydrogens is 344 g/mol. The highest BCUT2D eigenvalue weighted by Crippen LogP contribution is 2.21. The average Bonchev–Trinajstić information content (AvgIpc) is 2.92. The van der Waals surface area contributed by atoms with E-state index < -0.39 is 0 Å². The molecule has 0 radical (unpaired) electrons. The molecule has 0 aliphatic rings. The molecule has 1 heterocycles. The number of carbonyl (C=O) groups is 1. The van der Waals surface area contributed by atoms with Crippen molar-refractivity contribution in [2.75, 3.05) is 6.54 Å². The van der Waals surface area contributed by atoms with Gasteiger partial charge in [-0.25, -0.2) is 4.98 Å². The summed E-state index contributed by atoms with van der Waals surface area (Å²) in [4.78, 5) is 19.1. The summed E-state index contributed by atoms with van der Waals surface area (Å²) in [6, 6.07) is 8.24. The second-order valence-corrected chi connectivity index (χ2v) is 6.32. The SMILES string of the molecule is CC(C)NC(=O)CCNCc1ncc(-c2cccc(Br)c2)[nH]1. The van der Waals surface area contributed by atoms with E-state index in [1.807, 2.05) is 44.3 Å². The maximum absolute atomic E-state index is 11.5. The molecular formula is C16H21BrN4O. The van der Waals surface area contributed by atoms with Crippen LogP contribution in [0.3, 0.4) is 0 Å². The largest absolute Gasteiger partial charge is 0.354 e. The third-order valence-electron chi connectivity index (χ3n) is 3.04. The number of benzene rings is 1. The van der Waals surface area contributed by atoms with Gasteiger partial charge in [-0.2, -0.15) is 0 Å². The second-order valence-electron chi connectivity index (χ2n) is 5.40. The van der Waals surface area contributed by atoms with E-state index in [2.05, 4.69) is 36.5 Å². The van der Waals surface area contributed by atoms with E-state index >= 15 is 0 Å². The van der Waals surface area contributed by atoms with Crippen LogP contribution in [0.4, 0.5) is 0 Å². The van der Waals surface area contributed by atoms with Crippen LogP contribution in [0.2, 0.25) is 0 Å². The normalized spacial score (nSPS) is 10.9. The van der Waals surface area contributed by atoms with Gasteiger partial charge in [-0.1, -0.05) is 28.1 Å². The number of rotatable bonds is 7. The molecule has 2 rings (SSSR count). The molecule has 0 spiro atoms. The van der Waals surface area contributed by atoms with E-state index in [-0.39, 0.29) is 11.9 Å².